The number of halogens is 2. The predicted octanol–water partition coefficient (Wildman–Crippen LogP) is 3.80. The van der Waals surface area contributed by atoms with Crippen LogP contribution >= 0.6 is 23.2 Å². The molecule has 1 aliphatic heterocycles. The first-order valence-corrected chi connectivity index (χ1v) is 5.95. The minimum atomic E-state index is -0.936. The number of rotatable bonds is 2. The second kappa shape index (κ2) is 4.98. The Labute approximate surface area is 109 Å². The summed E-state index contributed by atoms with van der Waals surface area (Å²) in [6.07, 6.45) is 3.81. The fourth-order valence-electron chi connectivity index (χ4n) is 1.91. The number of hydrogen-bond donors (Lipinski definition) is 1. The number of carbonyl (C=O) groups is 1. The molecule has 0 aliphatic carbocycles. The Kier molecular flexibility index (Phi) is 3.60. The van der Waals surface area contributed by atoms with Crippen LogP contribution in [0.4, 0.5) is 4.79 Å². The number of benzene rings is 1. The molecule has 0 saturated heterocycles. The van der Waals surface area contributed by atoms with Crippen molar-refractivity contribution in [1.82, 2.24) is 4.90 Å². The third-order valence-electron chi connectivity index (χ3n) is 2.76. The van der Waals surface area contributed by atoms with Gasteiger partial charge in [-0.1, -0.05) is 35.3 Å². The molecule has 17 heavy (non-hydrogen) atoms. The van der Waals surface area contributed by atoms with Crippen molar-refractivity contribution in [3.8, 4) is 0 Å². The fourth-order valence-corrected chi connectivity index (χ4v) is 2.40. The quantitative estimate of drug-likeness (QED) is 0.889. The van der Waals surface area contributed by atoms with Crippen LogP contribution in [0.15, 0.2) is 30.5 Å². The molecule has 1 heterocycles. The van der Waals surface area contributed by atoms with Gasteiger partial charge in [0.2, 0.25) is 0 Å². The summed E-state index contributed by atoms with van der Waals surface area (Å²) in [5.74, 6) is 0. The van der Waals surface area contributed by atoms with Gasteiger partial charge in [-0.25, -0.2) is 4.79 Å². The maximum atomic E-state index is 11.0. The van der Waals surface area contributed by atoms with E-state index in [0.717, 1.165) is 5.56 Å². The van der Waals surface area contributed by atoms with Crippen molar-refractivity contribution in [1.29, 1.82) is 0 Å². The van der Waals surface area contributed by atoms with Gasteiger partial charge in [0.1, 0.15) is 0 Å². The lowest BCUT2D eigenvalue weighted by Gasteiger charge is -2.21. The molecule has 0 radical (unpaired) electrons. The number of carboxylic acid groups (broad SMARTS) is 1. The maximum absolute atomic E-state index is 11.0. The van der Waals surface area contributed by atoms with Crippen LogP contribution in [-0.2, 0) is 6.42 Å². The zero-order chi connectivity index (χ0) is 12.4. The van der Waals surface area contributed by atoms with E-state index in [2.05, 4.69) is 0 Å². The number of hydrogen-bond acceptors (Lipinski definition) is 1. The predicted molar refractivity (Wildman–Crippen MR) is 67.6 cm³/mol. The molecule has 5 heteroatoms. The van der Waals surface area contributed by atoms with Gasteiger partial charge in [0.05, 0.1) is 0 Å². The minimum absolute atomic E-state index is 0.0776. The van der Waals surface area contributed by atoms with E-state index in [9.17, 15) is 4.79 Å². The van der Waals surface area contributed by atoms with Gasteiger partial charge in [-0.15, -0.1) is 0 Å². The van der Waals surface area contributed by atoms with Crippen molar-refractivity contribution in [3.05, 3.63) is 46.1 Å². The van der Waals surface area contributed by atoms with Crippen LogP contribution in [0.1, 0.15) is 12.0 Å². The van der Waals surface area contributed by atoms with E-state index in [4.69, 9.17) is 28.3 Å². The third kappa shape index (κ3) is 2.73. The van der Waals surface area contributed by atoms with Crippen LogP contribution in [0, 0.1) is 0 Å². The maximum Gasteiger partial charge on any atom is 0.411 e. The summed E-state index contributed by atoms with van der Waals surface area (Å²) in [7, 11) is 0. The minimum Gasteiger partial charge on any atom is -0.465 e. The van der Waals surface area contributed by atoms with Crippen LogP contribution < -0.4 is 0 Å². The van der Waals surface area contributed by atoms with Crippen LogP contribution in [0.2, 0.25) is 10.0 Å². The number of amides is 1. The Morgan fingerprint density at radius 2 is 2.24 bits per heavy atom. The lowest BCUT2D eigenvalue weighted by molar-refractivity contribution is 0.152. The van der Waals surface area contributed by atoms with Crippen molar-refractivity contribution in [3.63, 3.8) is 0 Å². The normalized spacial score (nSPS) is 18.7. The molecule has 1 aromatic carbocycles. The largest absolute Gasteiger partial charge is 0.465 e. The Balaban J connectivity index is 2.13. The molecule has 1 atom stereocenters. The van der Waals surface area contributed by atoms with Gasteiger partial charge in [0.25, 0.3) is 0 Å². The van der Waals surface area contributed by atoms with Crippen LogP contribution in [0.25, 0.3) is 0 Å². The zero-order valence-corrected chi connectivity index (χ0v) is 10.4. The molecule has 90 valence electrons. The van der Waals surface area contributed by atoms with Crippen molar-refractivity contribution < 1.29 is 9.90 Å². The lowest BCUT2D eigenvalue weighted by Crippen LogP contribution is -2.33. The standard InChI is InChI=1S/C12H11Cl2NO2/c13-9-4-3-8(11(14)7-9)6-10-2-1-5-15(10)12(16)17/h1,3-5,7,10H,2,6H2,(H,16,17). The molecule has 0 bridgehead atoms. The van der Waals surface area contributed by atoms with Crippen molar-refractivity contribution in [2.24, 2.45) is 0 Å². The summed E-state index contributed by atoms with van der Waals surface area (Å²) >= 11 is 11.9. The SMILES string of the molecule is O=C(O)N1C=CCC1Cc1ccc(Cl)cc1Cl. The van der Waals surface area contributed by atoms with Gasteiger partial charge in [-0.2, -0.15) is 0 Å². The Hall–Kier alpha value is -1.19. The molecule has 0 saturated carbocycles. The van der Waals surface area contributed by atoms with Gasteiger partial charge in [0.15, 0.2) is 0 Å². The van der Waals surface area contributed by atoms with E-state index < -0.39 is 6.09 Å². The highest BCUT2D eigenvalue weighted by atomic mass is 35.5. The molecular weight excluding hydrogens is 261 g/mol. The Morgan fingerprint density at radius 3 is 2.88 bits per heavy atom. The topological polar surface area (TPSA) is 40.5 Å². The van der Waals surface area contributed by atoms with Gasteiger partial charge >= 0.3 is 6.09 Å². The lowest BCUT2D eigenvalue weighted by atomic mass is 10.0. The van der Waals surface area contributed by atoms with Gasteiger partial charge in [-0.3, -0.25) is 4.90 Å². The average molecular weight is 272 g/mol. The first-order chi connectivity index (χ1) is 8.08. The van der Waals surface area contributed by atoms with Crippen molar-refractivity contribution in [2.75, 3.05) is 0 Å². The van der Waals surface area contributed by atoms with Crippen LogP contribution in [0.3, 0.4) is 0 Å². The van der Waals surface area contributed by atoms with Crippen LogP contribution in [0.5, 0.6) is 0 Å². The van der Waals surface area contributed by atoms with Gasteiger partial charge < -0.3 is 5.11 Å². The summed E-state index contributed by atoms with van der Waals surface area (Å²) in [4.78, 5) is 12.3. The smallest absolute Gasteiger partial charge is 0.411 e. The molecule has 0 spiro atoms. The zero-order valence-electron chi connectivity index (χ0n) is 8.94. The summed E-state index contributed by atoms with van der Waals surface area (Å²) < 4.78 is 0. The summed E-state index contributed by atoms with van der Waals surface area (Å²) in [6, 6.07) is 5.19. The molecule has 0 aromatic heterocycles. The molecular formula is C12H11Cl2NO2. The summed E-state index contributed by atoms with van der Waals surface area (Å²) in [5.41, 5.74) is 0.913. The first-order valence-electron chi connectivity index (χ1n) is 5.20. The average Bonchev–Trinajstić information content (AvgIpc) is 2.70. The second-order valence-corrected chi connectivity index (χ2v) is 4.75. The van der Waals surface area contributed by atoms with Gasteiger partial charge in [0, 0.05) is 22.3 Å². The van der Waals surface area contributed by atoms with E-state index in [0.29, 0.717) is 22.9 Å². The van der Waals surface area contributed by atoms with Crippen molar-refractivity contribution in [2.45, 2.75) is 18.9 Å². The highest BCUT2D eigenvalue weighted by Crippen LogP contribution is 2.26. The second-order valence-electron chi connectivity index (χ2n) is 3.90. The van der Waals surface area contributed by atoms with Crippen molar-refractivity contribution >= 4 is 29.3 Å². The van der Waals surface area contributed by atoms with Gasteiger partial charge in [-0.05, 0) is 30.5 Å². The molecule has 1 aliphatic rings. The Morgan fingerprint density at radius 1 is 1.47 bits per heavy atom. The Bertz CT molecular complexity index is 474. The summed E-state index contributed by atoms with van der Waals surface area (Å²) in [6.45, 7) is 0. The molecule has 1 unspecified atom stereocenters. The van der Waals surface area contributed by atoms with E-state index in [1.165, 1.54) is 4.90 Å². The molecule has 3 nitrogen and oxygen atoms in total. The monoisotopic (exact) mass is 271 g/mol. The fraction of sp³-hybridized carbons (Fsp3) is 0.250. The van der Waals surface area contributed by atoms with E-state index >= 15 is 0 Å². The van der Waals surface area contributed by atoms with E-state index in [1.807, 2.05) is 12.1 Å². The molecule has 1 amide bonds. The van der Waals surface area contributed by atoms with E-state index in [1.54, 1.807) is 18.3 Å². The highest BCUT2D eigenvalue weighted by Gasteiger charge is 2.25. The third-order valence-corrected chi connectivity index (χ3v) is 3.35. The number of nitrogens with zero attached hydrogens (tertiary/aromatic N) is 1. The molecule has 1 N–H and O–H groups in total. The summed E-state index contributed by atoms with van der Waals surface area (Å²) in [5, 5.41) is 10.2. The molecule has 2 rings (SSSR count). The highest BCUT2D eigenvalue weighted by molar-refractivity contribution is 6.35. The molecule has 0 fully saturated rings. The molecule has 1 aromatic rings. The van der Waals surface area contributed by atoms with E-state index in [-0.39, 0.29) is 6.04 Å². The first kappa shape index (κ1) is 12.3. The van der Waals surface area contributed by atoms with Crippen LogP contribution in [-0.4, -0.2) is 22.1 Å².